The van der Waals surface area contributed by atoms with Crippen molar-refractivity contribution in [3.05, 3.63) is 77.0 Å². The molecule has 0 saturated carbocycles. The van der Waals surface area contributed by atoms with E-state index in [0.717, 1.165) is 17.8 Å². The number of nitro groups is 1. The minimum atomic E-state index is -0.968. The number of halogens is 1. The minimum absolute atomic E-state index is 0.135. The maximum absolute atomic E-state index is 13.5. The number of anilines is 1. The number of aromatic nitrogens is 4. The van der Waals surface area contributed by atoms with E-state index < -0.39 is 27.6 Å². The van der Waals surface area contributed by atoms with Crippen LogP contribution in [-0.4, -0.2) is 35.8 Å². The van der Waals surface area contributed by atoms with E-state index in [0.29, 0.717) is 16.1 Å². The topological polar surface area (TPSA) is 116 Å². The Labute approximate surface area is 179 Å². The molecule has 1 atom stereocenters. The number of amides is 1. The average Bonchev–Trinajstić information content (AvgIpc) is 3.20. The molecule has 0 aliphatic carbocycles. The van der Waals surface area contributed by atoms with E-state index >= 15 is 0 Å². The number of nitrogens with zero attached hydrogens (tertiary/aromatic N) is 5. The molecule has 0 spiro atoms. The second-order valence-electron chi connectivity index (χ2n) is 6.48. The number of hydrogen-bond acceptors (Lipinski definition) is 7. The minimum Gasteiger partial charge on any atom is -0.325 e. The monoisotopic (exact) mass is 438 g/mol. The van der Waals surface area contributed by atoms with Crippen LogP contribution < -0.4 is 5.32 Å². The SMILES string of the molecule is CC(Sc1ncnc2c1cnn2-c1ccccc1)C(=O)Nc1ccc(F)c([N+](=O)[O-])c1. The lowest BCUT2D eigenvalue weighted by Gasteiger charge is -2.12. The number of nitro benzene ring substituents is 1. The highest BCUT2D eigenvalue weighted by molar-refractivity contribution is 8.00. The van der Waals surface area contributed by atoms with Crippen LogP contribution >= 0.6 is 11.8 Å². The van der Waals surface area contributed by atoms with Crippen molar-refractivity contribution in [3.63, 3.8) is 0 Å². The summed E-state index contributed by atoms with van der Waals surface area (Å²) in [6.45, 7) is 1.67. The lowest BCUT2D eigenvalue weighted by Crippen LogP contribution is -2.22. The number of carbonyl (C=O) groups excluding carboxylic acids is 1. The summed E-state index contributed by atoms with van der Waals surface area (Å²) in [4.78, 5) is 31.2. The summed E-state index contributed by atoms with van der Waals surface area (Å²) >= 11 is 1.20. The van der Waals surface area contributed by atoms with Gasteiger partial charge in [-0.25, -0.2) is 14.6 Å². The molecule has 0 fully saturated rings. The van der Waals surface area contributed by atoms with Gasteiger partial charge in [0.2, 0.25) is 11.7 Å². The maximum Gasteiger partial charge on any atom is 0.306 e. The lowest BCUT2D eigenvalue weighted by atomic mass is 10.2. The number of benzene rings is 2. The number of nitrogens with one attached hydrogen (secondary N) is 1. The molecule has 9 nitrogen and oxygen atoms in total. The fourth-order valence-corrected chi connectivity index (χ4v) is 3.75. The lowest BCUT2D eigenvalue weighted by molar-refractivity contribution is -0.387. The highest BCUT2D eigenvalue weighted by atomic mass is 32.2. The van der Waals surface area contributed by atoms with Gasteiger partial charge in [-0.15, -0.1) is 0 Å². The summed E-state index contributed by atoms with van der Waals surface area (Å²) in [7, 11) is 0. The van der Waals surface area contributed by atoms with E-state index in [9.17, 15) is 19.3 Å². The molecule has 4 aromatic rings. The van der Waals surface area contributed by atoms with Crippen molar-refractivity contribution in [1.29, 1.82) is 0 Å². The molecule has 31 heavy (non-hydrogen) atoms. The van der Waals surface area contributed by atoms with Crippen molar-refractivity contribution in [3.8, 4) is 5.69 Å². The number of fused-ring (bicyclic) bond motifs is 1. The molecule has 1 amide bonds. The second-order valence-corrected chi connectivity index (χ2v) is 7.81. The van der Waals surface area contributed by atoms with Gasteiger partial charge in [0.1, 0.15) is 11.4 Å². The highest BCUT2D eigenvalue weighted by Crippen LogP contribution is 2.30. The normalized spacial score (nSPS) is 11.9. The Balaban J connectivity index is 1.54. The second kappa shape index (κ2) is 8.48. The van der Waals surface area contributed by atoms with Crippen LogP contribution in [0, 0.1) is 15.9 Å². The number of thioether (sulfide) groups is 1. The first-order valence-corrected chi connectivity index (χ1v) is 9.97. The van der Waals surface area contributed by atoms with E-state index in [-0.39, 0.29) is 5.69 Å². The van der Waals surface area contributed by atoms with Crippen molar-refractivity contribution < 1.29 is 14.1 Å². The Bertz CT molecular complexity index is 1280. The number of para-hydroxylation sites is 1. The first-order valence-electron chi connectivity index (χ1n) is 9.09. The zero-order valence-corrected chi connectivity index (χ0v) is 16.9. The smallest absolute Gasteiger partial charge is 0.306 e. The van der Waals surface area contributed by atoms with Gasteiger partial charge >= 0.3 is 5.69 Å². The molecule has 2 aromatic heterocycles. The summed E-state index contributed by atoms with van der Waals surface area (Å²) in [5, 5.41) is 18.5. The van der Waals surface area contributed by atoms with Gasteiger partial charge < -0.3 is 5.32 Å². The molecule has 2 aromatic carbocycles. The number of hydrogen-bond donors (Lipinski definition) is 1. The Hall–Kier alpha value is -3.86. The molecule has 0 saturated heterocycles. The van der Waals surface area contributed by atoms with Crippen LogP contribution in [0.25, 0.3) is 16.7 Å². The predicted molar refractivity (Wildman–Crippen MR) is 114 cm³/mol. The van der Waals surface area contributed by atoms with E-state index in [1.54, 1.807) is 17.8 Å². The quantitative estimate of drug-likeness (QED) is 0.209. The first kappa shape index (κ1) is 20.4. The molecule has 0 aliphatic rings. The summed E-state index contributed by atoms with van der Waals surface area (Å²) in [6, 6.07) is 12.7. The van der Waals surface area contributed by atoms with Gasteiger partial charge in [-0.3, -0.25) is 14.9 Å². The van der Waals surface area contributed by atoms with E-state index in [2.05, 4.69) is 20.4 Å². The van der Waals surface area contributed by atoms with Crippen LogP contribution in [0.4, 0.5) is 15.8 Å². The van der Waals surface area contributed by atoms with Gasteiger partial charge in [0, 0.05) is 11.8 Å². The van der Waals surface area contributed by atoms with Gasteiger partial charge in [-0.2, -0.15) is 9.49 Å². The summed E-state index contributed by atoms with van der Waals surface area (Å²) < 4.78 is 15.2. The van der Waals surface area contributed by atoms with Crippen LogP contribution in [0.1, 0.15) is 6.92 Å². The Morgan fingerprint density at radius 3 is 2.74 bits per heavy atom. The maximum atomic E-state index is 13.5. The van der Waals surface area contributed by atoms with Crippen molar-refractivity contribution in [2.45, 2.75) is 17.2 Å². The van der Waals surface area contributed by atoms with Crippen LogP contribution in [0.2, 0.25) is 0 Å². The molecule has 156 valence electrons. The van der Waals surface area contributed by atoms with E-state index in [1.165, 1.54) is 24.2 Å². The third-order valence-electron chi connectivity index (χ3n) is 4.40. The van der Waals surface area contributed by atoms with Crippen molar-refractivity contribution >= 4 is 40.1 Å². The van der Waals surface area contributed by atoms with Gasteiger partial charge in [0.05, 0.1) is 27.4 Å². The largest absolute Gasteiger partial charge is 0.325 e. The molecule has 1 unspecified atom stereocenters. The number of rotatable bonds is 6. The standard InChI is InChI=1S/C20H15FN6O3S/c1-12(19(28)25-13-7-8-16(21)17(9-13)27(29)30)31-20-15-10-24-26(18(15)22-11-23-20)14-5-3-2-4-6-14/h2-12H,1H3,(H,25,28). The van der Waals surface area contributed by atoms with Crippen LogP contribution in [0.3, 0.4) is 0 Å². The Kier molecular flexibility index (Phi) is 5.58. The van der Waals surface area contributed by atoms with E-state index in [1.807, 2.05) is 30.3 Å². The molecule has 0 radical (unpaired) electrons. The zero-order chi connectivity index (χ0) is 22.0. The molecular formula is C20H15FN6O3S. The average molecular weight is 438 g/mol. The van der Waals surface area contributed by atoms with Crippen LogP contribution in [-0.2, 0) is 4.79 Å². The molecule has 0 bridgehead atoms. The molecule has 2 heterocycles. The van der Waals surface area contributed by atoms with Crippen molar-refractivity contribution in [2.24, 2.45) is 0 Å². The molecular weight excluding hydrogens is 423 g/mol. The Morgan fingerprint density at radius 1 is 1.23 bits per heavy atom. The Morgan fingerprint density at radius 2 is 2.00 bits per heavy atom. The summed E-state index contributed by atoms with van der Waals surface area (Å²) in [6.07, 6.45) is 3.04. The van der Waals surface area contributed by atoms with Gasteiger partial charge in [0.25, 0.3) is 0 Å². The first-order chi connectivity index (χ1) is 14.9. The van der Waals surface area contributed by atoms with Crippen LogP contribution in [0.15, 0.2) is 66.1 Å². The molecule has 4 rings (SSSR count). The van der Waals surface area contributed by atoms with Gasteiger partial charge in [0.15, 0.2) is 5.65 Å². The summed E-state index contributed by atoms with van der Waals surface area (Å²) in [5.41, 5.74) is 0.875. The van der Waals surface area contributed by atoms with Crippen molar-refractivity contribution in [2.75, 3.05) is 5.32 Å². The number of carbonyl (C=O) groups is 1. The van der Waals surface area contributed by atoms with Crippen molar-refractivity contribution in [1.82, 2.24) is 19.7 Å². The summed E-state index contributed by atoms with van der Waals surface area (Å²) in [5.74, 6) is -1.38. The molecule has 1 N–H and O–H groups in total. The van der Waals surface area contributed by atoms with Gasteiger partial charge in [-0.1, -0.05) is 30.0 Å². The third-order valence-corrected chi connectivity index (χ3v) is 5.51. The third kappa shape index (κ3) is 4.21. The van der Waals surface area contributed by atoms with Gasteiger partial charge in [-0.05, 0) is 31.2 Å². The van der Waals surface area contributed by atoms with E-state index in [4.69, 9.17) is 0 Å². The molecule has 11 heteroatoms. The zero-order valence-electron chi connectivity index (χ0n) is 16.1. The van der Waals surface area contributed by atoms with Crippen LogP contribution in [0.5, 0.6) is 0 Å². The highest BCUT2D eigenvalue weighted by Gasteiger charge is 2.21. The predicted octanol–water partition coefficient (Wildman–Crippen LogP) is 3.98. The molecule has 0 aliphatic heterocycles. The fraction of sp³-hybridized carbons (Fsp3) is 0.100. The fourth-order valence-electron chi connectivity index (χ4n) is 2.87.